The van der Waals surface area contributed by atoms with Crippen LogP contribution in [0.4, 0.5) is 11.4 Å². The van der Waals surface area contributed by atoms with Crippen LogP contribution in [0.5, 0.6) is 0 Å². The van der Waals surface area contributed by atoms with E-state index in [1.165, 1.54) is 5.56 Å². The quantitative estimate of drug-likeness (QED) is 0.672. The third-order valence-corrected chi connectivity index (χ3v) is 3.92. The monoisotopic (exact) mass is 381 g/mol. The van der Waals surface area contributed by atoms with E-state index in [4.69, 9.17) is 0 Å². The third kappa shape index (κ3) is 4.43. The van der Waals surface area contributed by atoms with Crippen molar-refractivity contribution in [3.8, 4) is 0 Å². The van der Waals surface area contributed by atoms with E-state index in [0.29, 0.717) is 12.1 Å². The Kier molecular flexibility index (Phi) is 5.23. The largest absolute Gasteiger partial charge is 0.380 e. The highest BCUT2D eigenvalue weighted by Gasteiger charge is 2.08. The van der Waals surface area contributed by atoms with Gasteiger partial charge in [0, 0.05) is 29.1 Å². The van der Waals surface area contributed by atoms with Crippen molar-refractivity contribution < 1.29 is 4.79 Å². The number of carbonyl (C=O) groups is 1. The molecule has 1 heterocycles. The number of nitrogens with one attached hydrogen (secondary N) is 2. The number of nitrogens with zero attached hydrogens (tertiary/aromatic N) is 1. The molecule has 0 atom stereocenters. The minimum atomic E-state index is -0.191. The number of anilines is 2. The lowest BCUT2D eigenvalue weighted by Crippen LogP contribution is -2.12. The number of hydrogen-bond donors (Lipinski definition) is 2. The first-order chi connectivity index (χ1) is 11.7. The Morgan fingerprint density at radius 3 is 2.58 bits per heavy atom. The molecule has 0 radical (unpaired) electrons. The molecule has 1 amide bonds. The minimum absolute atomic E-state index is 0.191. The molecule has 120 valence electrons. The van der Waals surface area contributed by atoms with Crippen LogP contribution in [-0.4, -0.2) is 10.9 Å². The summed E-state index contributed by atoms with van der Waals surface area (Å²) in [6, 6.07) is 19.3. The Bertz CT molecular complexity index is 837. The fourth-order valence-electron chi connectivity index (χ4n) is 2.23. The normalized spacial score (nSPS) is 10.2. The summed E-state index contributed by atoms with van der Waals surface area (Å²) in [5, 5.41) is 6.14. The van der Waals surface area contributed by atoms with E-state index in [1.807, 2.05) is 54.6 Å². The van der Waals surface area contributed by atoms with Gasteiger partial charge in [-0.05, 0) is 29.8 Å². The summed E-state index contributed by atoms with van der Waals surface area (Å²) in [5.74, 6) is -0.191. The van der Waals surface area contributed by atoms with Crippen LogP contribution < -0.4 is 10.6 Å². The molecule has 24 heavy (non-hydrogen) atoms. The molecule has 0 aliphatic heterocycles. The molecule has 1 aromatic heterocycles. The van der Waals surface area contributed by atoms with Crippen molar-refractivity contribution in [2.45, 2.75) is 6.54 Å². The van der Waals surface area contributed by atoms with Crippen molar-refractivity contribution in [2.75, 3.05) is 10.6 Å². The molecule has 0 bridgehead atoms. The molecule has 4 nitrogen and oxygen atoms in total. The Labute approximate surface area is 149 Å². The second kappa shape index (κ2) is 7.75. The summed E-state index contributed by atoms with van der Waals surface area (Å²) in [5.41, 5.74) is 3.22. The van der Waals surface area contributed by atoms with Crippen molar-refractivity contribution in [3.05, 3.63) is 88.7 Å². The van der Waals surface area contributed by atoms with Gasteiger partial charge in [-0.1, -0.05) is 52.3 Å². The van der Waals surface area contributed by atoms with Gasteiger partial charge in [-0.2, -0.15) is 0 Å². The summed E-state index contributed by atoms with van der Waals surface area (Å²) in [6.45, 7) is 0.680. The Morgan fingerprint density at radius 1 is 0.958 bits per heavy atom. The van der Waals surface area contributed by atoms with Crippen LogP contribution in [0.25, 0.3) is 0 Å². The summed E-state index contributed by atoms with van der Waals surface area (Å²) < 4.78 is 0.914. The van der Waals surface area contributed by atoms with Crippen molar-refractivity contribution in [3.63, 3.8) is 0 Å². The number of carbonyl (C=O) groups excluding carboxylic acids is 1. The molecule has 2 aromatic carbocycles. The van der Waals surface area contributed by atoms with Gasteiger partial charge in [0.25, 0.3) is 5.91 Å². The first-order valence-corrected chi connectivity index (χ1v) is 8.30. The molecular formula is C19H16BrN3O. The molecular weight excluding hydrogens is 366 g/mol. The van der Waals surface area contributed by atoms with Gasteiger partial charge in [0.15, 0.2) is 0 Å². The highest BCUT2D eigenvalue weighted by atomic mass is 79.9. The molecule has 3 aromatic rings. The number of aromatic nitrogens is 1. The van der Waals surface area contributed by atoms with Crippen LogP contribution in [0.1, 0.15) is 15.9 Å². The molecule has 0 unspecified atom stereocenters. The number of amides is 1. The van der Waals surface area contributed by atoms with Gasteiger partial charge in [0.2, 0.25) is 0 Å². The second-order valence-corrected chi connectivity index (χ2v) is 6.18. The fourth-order valence-corrected chi connectivity index (χ4v) is 2.63. The summed E-state index contributed by atoms with van der Waals surface area (Å²) in [4.78, 5) is 16.5. The van der Waals surface area contributed by atoms with Gasteiger partial charge in [0.1, 0.15) is 0 Å². The average molecular weight is 382 g/mol. The zero-order chi connectivity index (χ0) is 16.8. The highest BCUT2D eigenvalue weighted by Crippen LogP contribution is 2.17. The predicted octanol–water partition coefficient (Wildman–Crippen LogP) is 4.71. The van der Waals surface area contributed by atoms with Crippen LogP contribution in [0, 0.1) is 0 Å². The van der Waals surface area contributed by atoms with E-state index in [1.54, 1.807) is 18.5 Å². The van der Waals surface area contributed by atoms with Crippen molar-refractivity contribution >= 4 is 33.2 Å². The first kappa shape index (κ1) is 16.2. The summed E-state index contributed by atoms with van der Waals surface area (Å²) >= 11 is 3.39. The van der Waals surface area contributed by atoms with Crippen LogP contribution in [0.15, 0.2) is 77.5 Å². The number of benzene rings is 2. The van der Waals surface area contributed by atoms with Crippen molar-refractivity contribution in [1.29, 1.82) is 0 Å². The van der Waals surface area contributed by atoms with Gasteiger partial charge < -0.3 is 10.6 Å². The zero-order valence-corrected chi connectivity index (χ0v) is 14.5. The smallest absolute Gasteiger partial charge is 0.257 e. The lowest BCUT2D eigenvalue weighted by Gasteiger charge is -2.09. The maximum absolute atomic E-state index is 12.4. The van der Waals surface area contributed by atoms with Gasteiger partial charge in [-0.15, -0.1) is 0 Å². The van der Waals surface area contributed by atoms with E-state index in [2.05, 4.69) is 31.5 Å². The molecule has 2 N–H and O–H groups in total. The van der Waals surface area contributed by atoms with Crippen molar-refractivity contribution in [1.82, 2.24) is 4.98 Å². The summed E-state index contributed by atoms with van der Waals surface area (Å²) in [7, 11) is 0. The predicted molar refractivity (Wildman–Crippen MR) is 100 cm³/mol. The Morgan fingerprint density at radius 2 is 1.79 bits per heavy atom. The Balaban J connectivity index is 1.67. The zero-order valence-electron chi connectivity index (χ0n) is 12.9. The molecule has 0 aliphatic carbocycles. The van der Waals surface area contributed by atoms with Gasteiger partial charge in [-0.3, -0.25) is 9.78 Å². The first-order valence-electron chi connectivity index (χ1n) is 7.50. The van der Waals surface area contributed by atoms with Crippen LogP contribution in [-0.2, 0) is 6.54 Å². The third-order valence-electron chi connectivity index (χ3n) is 3.42. The van der Waals surface area contributed by atoms with E-state index < -0.39 is 0 Å². The minimum Gasteiger partial charge on any atom is -0.380 e. The standard InChI is InChI=1S/C19H16BrN3O/c20-16-7-4-8-17(10-16)23-19(24)15-9-18(13-21-12-15)22-11-14-5-2-1-3-6-14/h1-10,12-13,22H,11H2,(H,23,24). The fraction of sp³-hybridized carbons (Fsp3) is 0.0526. The molecule has 0 aliphatic rings. The second-order valence-electron chi connectivity index (χ2n) is 5.27. The van der Waals surface area contributed by atoms with E-state index in [-0.39, 0.29) is 5.91 Å². The number of hydrogen-bond acceptors (Lipinski definition) is 3. The lowest BCUT2D eigenvalue weighted by atomic mass is 10.2. The number of halogens is 1. The SMILES string of the molecule is O=C(Nc1cccc(Br)c1)c1cncc(NCc2ccccc2)c1. The van der Waals surface area contributed by atoms with E-state index in [0.717, 1.165) is 15.8 Å². The van der Waals surface area contributed by atoms with Gasteiger partial charge in [0.05, 0.1) is 11.3 Å². The molecule has 5 heteroatoms. The van der Waals surface area contributed by atoms with Crippen LogP contribution >= 0.6 is 15.9 Å². The van der Waals surface area contributed by atoms with Crippen molar-refractivity contribution in [2.24, 2.45) is 0 Å². The number of pyridine rings is 1. The molecule has 0 fully saturated rings. The highest BCUT2D eigenvalue weighted by molar-refractivity contribution is 9.10. The maximum atomic E-state index is 12.4. The molecule has 0 saturated carbocycles. The van der Waals surface area contributed by atoms with Gasteiger partial charge >= 0.3 is 0 Å². The topological polar surface area (TPSA) is 54.0 Å². The summed E-state index contributed by atoms with van der Waals surface area (Å²) in [6.07, 6.45) is 3.26. The van der Waals surface area contributed by atoms with E-state index >= 15 is 0 Å². The number of rotatable bonds is 5. The van der Waals surface area contributed by atoms with E-state index in [9.17, 15) is 4.79 Å². The Hall–Kier alpha value is -2.66. The molecule has 3 rings (SSSR count). The molecule has 0 saturated heterocycles. The average Bonchev–Trinajstić information content (AvgIpc) is 2.61. The van der Waals surface area contributed by atoms with Crippen LogP contribution in [0.2, 0.25) is 0 Å². The van der Waals surface area contributed by atoms with Crippen LogP contribution in [0.3, 0.4) is 0 Å². The maximum Gasteiger partial charge on any atom is 0.257 e. The van der Waals surface area contributed by atoms with Gasteiger partial charge in [-0.25, -0.2) is 0 Å². The lowest BCUT2D eigenvalue weighted by molar-refractivity contribution is 0.102. The molecule has 0 spiro atoms.